The Balaban J connectivity index is 2.11. The molecule has 0 atom stereocenters. The molecule has 2 N–H and O–H groups in total. The van der Waals surface area contributed by atoms with Gasteiger partial charge in [0.15, 0.2) is 0 Å². The van der Waals surface area contributed by atoms with Crippen LogP contribution < -0.4 is 10.6 Å². The van der Waals surface area contributed by atoms with E-state index in [0.717, 1.165) is 15.5 Å². The van der Waals surface area contributed by atoms with Gasteiger partial charge in [-0.05, 0) is 36.4 Å². The Kier molecular flexibility index (Phi) is 4.94. The average molecular weight is 301 g/mol. The molecular weight excluding hydrogens is 286 g/mol. The molecule has 1 aromatic heterocycles. The van der Waals surface area contributed by atoms with E-state index in [-0.39, 0.29) is 11.8 Å². The van der Waals surface area contributed by atoms with Gasteiger partial charge in [-0.2, -0.15) is 0 Å². The van der Waals surface area contributed by atoms with Crippen LogP contribution >= 0.6 is 11.8 Å². The van der Waals surface area contributed by atoms with E-state index >= 15 is 0 Å². The number of hydrogen-bond acceptors (Lipinski definition) is 4. The normalized spacial score (nSPS) is 10.0. The van der Waals surface area contributed by atoms with Crippen LogP contribution in [0.2, 0.25) is 0 Å². The van der Waals surface area contributed by atoms with E-state index in [1.807, 2.05) is 30.3 Å². The van der Waals surface area contributed by atoms with Crippen LogP contribution in [-0.4, -0.2) is 23.8 Å². The Hall–Kier alpha value is -2.34. The summed E-state index contributed by atoms with van der Waals surface area (Å²) in [6, 6.07) is 11.1. The van der Waals surface area contributed by atoms with E-state index in [1.54, 1.807) is 19.3 Å². The van der Waals surface area contributed by atoms with Crippen molar-refractivity contribution in [3.8, 4) is 0 Å². The van der Waals surface area contributed by atoms with Crippen LogP contribution in [0.15, 0.2) is 52.4 Å². The Morgan fingerprint density at radius 2 is 1.81 bits per heavy atom. The van der Waals surface area contributed by atoms with Crippen molar-refractivity contribution in [1.82, 2.24) is 10.3 Å². The zero-order chi connectivity index (χ0) is 15.2. The summed E-state index contributed by atoms with van der Waals surface area (Å²) in [7, 11) is 1.57. The van der Waals surface area contributed by atoms with Crippen molar-refractivity contribution in [2.75, 3.05) is 12.4 Å². The maximum Gasteiger partial charge on any atom is 0.269 e. The molecule has 2 aromatic rings. The second-order valence-corrected chi connectivity index (χ2v) is 5.41. The molecule has 0 aliphatic carbocycles. The first-order valence-corrected chi connectivity index (χ1v) is 7.14. The number of nitrogens with zero attached hydrogens (tertiary/aromatic N) is 1. The van der Waals surface area contributed by atoms with Gasteiger partial charge in [-0.1, -0.05) is 11.8 Å². The molecular formula is C15H15N3O2S. The number of carbonyl (C=O) groups excluding carboxylic acids is 2. The lowest BCUT2D eigenvalue weighted by molar-refractivity contribution is -0.114. The van der Waals surface area contributed by atoms with E-state index < -0.39 is 0 Å². The minimum atomic E-state index is -0.210. The number of pyridine rings is 1. The Bertz CT molecular complexity index is 656. The van der Waals surface area contributed by atoms with Crippen molar-refractivity contribution < 1.29 is 9.59 Å². The minimum Gasteiger partial charge on any atom is -0.354 e. The molecule has 5 nitrogen and oxygen atoms in total. The van der Waals surface area contributed by atoms with Gasteiger partial charge in [0, 0.05) is 35.6 Å². The highest BCUT2D eigenvalue weighted by molar-refractivity contribution is 7.99. The van der Waals surface area contributed by atoms with E-state index in [0.29, 0.717) is 5.69 Å². The molecule has 0 unspecified atom stereocenters. The monoisotopic (exact) mass is 301 g/mol. The number of rotatable bonds is 4. The third-order valence-corrected chi connectivity index (χ3v) is 3.60. The fourth-order valence-electron chi connectivity index (χ4n) is 1.67. The maximum atomic E-state index is 11.5. The van der Waals surface area contributed by atoms with Gasteiger partial charge in [0.1, 0.15) is 5.69 Å². The molecule has 0 saturated carbocycles. The summed E-state index contributed by atoms with van der Waals surface area (Å²) in [6.45, 7) is 1.47. The van der Waals surface area contributed by atoms with Gasteiger partial charge >= 0.3 is 0 Å². The molecule has 108 valence electrons. The van der Waals surface area contributed by atoms with Crippen LogP contribution in [0.25, 0.3) is 0 Å². The molecule has 0 radical (unpaired) electrons. The topological polar surface area (TPSA) is 71.1 Å². The molecule has 0 aliphatic rings. The number of aromatic nitrogens is 1. The third kappa shape index (κ3) is 4.32. The van der Waals surface area contributed by atoms with E-state index in [1.165, 1.54) is 18.7 Å². The molecule has 2 rings (SSSR count). The van der Waals surface area contributed by atoms with Crippen molar-refractivity contribution in [2.45, 2.75) is 16.7 Å². The first kappa shape index (κ1) is 15.1. The van der Waals surface area contributed by atoms with Gasteiger partial charge in [0.25, 0.3) is 5.91 Å². The Morgan fingerprint density at radius 3 is 2.43 bits per heavy atom. The van der Waals surface area contributed by atoms with Crippen molar-refractivity contribution in [3.63, 3.8) is 0 Å². The van der Waals surface area contributed by atoms with Gasteiger partial charge in [0.05, 0.1) is 0 Å². The highest BCUT2D eigenvalue weighted by Gasteiger charge is 2.06. The molecule has 6 heteroatoms. The largest absolute Gasteiger partial charge is 0.354 e. The van der Waals surface area contributed by atoms with Crippen LogP contribution in [0.3, 0.4) is 0 Å². The summed E-state index contributed by atoms with van der Waals surface area (Å²) in [5.41, 5.74) is 1.14. The van der Waals surface area contributed by atoms with Gasteiger partial charge in [-0.15, -0.1) is 0 Å². The summed E-state index contributed by atoms with van der Waals surface area (Å²) < 4.78 is 0. The SMILES string of the molecule is CNC(=O)c1cc(Sc2ccc(NC(C)=O)cc2)ccn1. The lowest BCUT2D eigenvalue weighted by Gasteiger charge is -2.05. The van der Waals surface area contributed by atoms with Crippen LogP contribution in [0.4, 0.5) is 5.69 Å². The number of anilines is 1. The number of hydrogen-bond donors (Lipinski definition) is 2. The van der Waals surface area contributed by atoms with Crippen molar-refractivity contribution in [1.29, 1.82) is 0 Å². The van der Waals surface area contributed by atoms with Crippen molar-refractivity contribution >= 4 is 29.3 Å². The van der Waals surface area contributed by atoms with Gasteiger partial charge < -0.3 is 10.6 Å². The quantitative estimate of drug-likeness (QED) is 0.910. The molecule has 0 bridgehead atoms. The first-order valence-electron chi connectivity index (χ1n) is 6.32. The van der Waals surface area contributed by atoms with Crippen LogP contribution in [-0.2, 0) is 4.79 Å². The van der Waals surface area contributed by atoms with E-state index in [4.69, 9.17) is 0 Å². The minimum absolute atomic E-state index is 0.0974. The second kappa shape index (κ2) is 6.90. The molecule has 0 saturated heterocycles. The molecule has 0 aliphatic heterocycles. The first-order chi connectivity index (χ1) is 10.1. The highest BCUT2D eigenvalue weighted by atomic mass is 32.2. The smallest absolute Gasteiger partial charge is 0.269 e. The maximum absolute atomic E-state index is 11.5. The highest BCUT2D eigenvalue weighted by Crippen LogP contribution is 2.28. The van der Waals surface area contributed by atoms with Crippen LogP contribution in [0, 0.1) is 0 Å². The summed E-state index contributed by atoms with van der Waals surface area (Å²) in [5, 5.41) is 5.26. The fourth-order valence-corrected chi connectivity index (χ4v) is 2.52. The molecule has 0 spiro atoms. The van der Waals surface area contributed by atoms with Crippen molar-refractivity contribution in [3.05, 3.63) is 48.3 Å². The third-order valence-electron chi connectivity index (χ3n) is 2.60. The lowest BCUT2D eigenvalue weighted by atomic mass is 10.3. The standard InChI is InChI=1S/C15H15N3O2S/c1-10(19)18-11-3-5-12(6-4-11)21-13-7-8-17-14(9-13)15(20)16-2/h3-9H,1-2H3,(H,16,20)(H,18,19). The van der Waals surface area contributed by atoms with E-state index in [2.05, 4.69) is 15.6 Å². The van der Waals surface area contributed by atoms with Crippen LogP contribution in [0.1, 0.15) is 17.4 Å². The summed E-state index contributed by atoms with van der Waals surface area (Å²) in [5.74, 6) is -0.307. The number of carbonyl (C=O) groups is 2. The molecule has 1 heterocycles. The molecule has 21 heavy (non-hydrogen) atoms. The zero-order valence-corrected chi connectivity index (χ0v) is 12.5. The summed E-state index contributed by atoms with van der Waals surface area (Å²) in [6.07, 6.45) is 1.61. The number of nitrogens with one attached hydrogen (secondary N) is 2. The summed E-state index contributed by atoms with van der Waals surface area (Å²) >= 11 is 1.52. The predicted molar refractivity (Wildman–Crippen MR) is 82.5 cm³/mol. The Labute approximate surface area is 127 Å². The van der Waals surface area contributed by atoms with Gasteiger partial charge in [-0.25, -0.2) is 0 Å². The van der Waals surface area contributed by atoms with Gasteiger partial charge in [-0.3, -0.25) is 14.6 Å². The second-order valence-electron chi connectivity index (χ2n) is 4.26. The number of amides is 2. The van der Waals surface area contributed by atoms with E-state index in [9.17, 15) is 9.59 Å². The fraction of sp³-hybridized carbons (Fsp3) is 0.133. The van der Waals surface area contributed by atoms with Gasteiger partial charge in [0.2, 0.25) is 5.91 Å². The van der Waals surface area contributed by atoms with Crippen molar-refractivity contribution in [2.24, 2.45) is 0 Å². The molecule has 1 aromatic carbocycles. The Morgan fingerprint density at radius 1 is 1.10 bits per heavy atom. The summed E-state index contributed by atoms with van der Waals surface area (Å²) in [4.78, 5) is 28.5. The molecule has 2 amide bonds. The lowest BCUT2D eigenvalue weighted by Crippen LogP contribution is -2.18. The zero-order valence-electron chi connectivity index (χ0n) is 11.7. The predicted octanol–water partition coefficient (Wildman–Crippen LogP) is 2.55. The molecule has 0 fully saturated rings. The number of benzene rings is 1. The van der Waals surface area contributed by atoms with Crippen LogP contribution in [0.5, 0.6) is 0 Å². The average Bonchev–Trinajstić information content (AvgIpc) is 2.48.